The first kappa shape index (κ1) is 13.5. The van der Waals surface area contributed by atoms with E-state index in [1.165, 1.54) is 17.8 Å². The van der Waals surface area contributed by atoms with Crippen LogP contribution in [-0.2, 0) is 16.6 Å². The van der Waals surface area contributed by atoms with Gasteiger partial charge in [0.2, 0.25) is 10.0 Å². The summed E-state index contributed by atoms with van der Waals surface area (Å²) in [5.74, 6) is 0. The van der Waals surface area contributed by atoms with Crippen molar-refractivity contribution in [2.24, 2.45) is 5.73 Å². The van der Waals surface area contributed by atoms with Crippen molar-refractivity contribution in [1.29, 1.82) is 0 Å². The minimum Gasteiger partial charge on any atom is -0.326 e. The van der Waals surface area contributed by atoms with Crippen LogP contribution in [0.5, 0.6) is 0 Å². The maximum Gasteiger partial charge on any atom is 0.241 e. The normalized spacial score (nSPS) is 27.8. The molecule has 0 amide bonds. The minimum absolute atomic E-state index is 0.0636. The van der Waals surface area contributed by atoms with Gasteiger partial charge < -0.3 is 5.73 Å². The number of hydrogen-bond donors (Lipinski definition) is 2. The van der Waals surface area contributed by atoms with E-state index < -0.39 is 10.0 Å². The highest BCUT2D eigenvalue weighted by Crippen LogP contribution is 2.29. The average Bonchev–Trinajstić information content (AvgIpc) is 3.05. The van der Waals surface area contributed by atoms with Crippen LogP contribution in [0.4, 0.5) is 0 Å². The molecule has 106 valence electrons. The van der Waals surface area contributed by atoms with Gasteiger partial charge in [-0.05, 0) is 31.9 Å². The monoisotopic (exact) mass is 301 g/mol. The lowest BCUT2D eigenvalue weighted by Crippen LogP contribution is -2.42. The molecule has 2 saturated heterocycles. The molecule has 7 heteroatoms. The molecular formula is C12H19N3O2S2. The van der Waals surface area contributed by atoms with Gasteiger partial charge in [0.05, 0.1) is 4.90 Å². The van der Waals surface area contributed by atoms with Crippen molar-refractivity contribution in [3.8, 4) is 0 Å². The molecule has 0 spiro atoms. The highest BCUT2D eigenvalue weighted by Gasteiger charge is 2.39. The zero-order chi connectivity index (χ0) is 13.5. The van der Waals surface area contributed by atoms with Gasteiger partial charge in [-0.2, -0.15) is 0 Å². The highest BCUT2D eigenvalue weighted by molar-refractivity contribution is 7.89. The molecule has 3 rings (SSSR count). The van der Waals surface area contributed by atoms with Crippen molar-refractivity contribution in [2.45, 2.75) is 42.8 Å². The van der Waals surface area contributed by atoms with Crippen LogP contribution in [0.15, 0.2) is 16.3 Å². The number of nitrogens with two attached hydrogens (primary N) is 1. The molecule has 1 aromatic heterocycles. The Hall–Kier alpha value is -0.470. The summed E-state index contributed by atoms with van der Waals surface area (Å²) in [7, 11) is -3.39. The van der Waals surface area contributed by atoms with Crippen LogP contribution in [-0.4, -0.2) is 38.5 Å². The van der Waals surface area contributed by atoms with Gasteiger partial charge in [-0.3, -0.25) is 4.90 Å². The van der Waals surface area contributed by atoms with Gasteiger partial charge in [-0.1, -0.05) is 0 Å². The molecule has 0 aromatic carbocycles. The maximum atomic E-state index is 12.3. The topological polar surface area (TPSA) is 75.4 Å². The van der Waals surface area contributed by atoms with Crippen molar-refractivity contribution in [3.63, 3.8) is 0 Å². The average molecular weight is 301 g/mol. The van der Waals surface area contributed by atoms with E-state index in [4.69, 9.17) is 5.73 Å². The number of nitrogens with one attached hydrogen (secondary N) is 1. The molecule has 2 atom stereocenters. The number of nitrogens with zero attached hydrogens (tertiary/aromatic N) is 1. The van der Waals surface area contributed by atoms with E-state index in [0.29, 0.717) is 17.5 Å². The van der Waals surface area contributed by atoms with E-state index in [-0.39, 0.29) is 6.04 Å². The van der Waals surface area contributed by atoms with Crippen molar-refractivity contribution in [2.75, 3.05) is 13.1 Å². The second-order valence-electron chi connectivity index (χ2n) is 5.21. The summed E-state index contributed by atoms with van der Waals surface area (Å²) in [6.07, 6.45) is 3.20. The summed E-state index contributed by atoms with van der Waals surface area (Å²) in [5, 5.41) is 1.67. The lowest BCUT2D eigenvalue weighted by molar-refractivity contribution is 0.309. The first-order valence-corrected chi connectivity index (χ1v) is 9.00. The second-order valence-corrected chi connectivity index (χ2v) is 7.92. The Bertz CT molecular complexity index is 555. The molecule has 2 unspecified atom stereocenters. The summed E-state index contributed by atoms with van der Waals surface area (Å²) >= 11 is 1.40. The third-order valence-electron chi connectivity index (χ3n) is 4.05. The third-order valence-corrected chi connectivity index (χ3v) is 6.63. The lowest BCUT2D eigenvalue weighted by atomic mass is 10.1. The van der Waals surface area contributed by atoms with E-state index in [1.54, 1.807) is 11.4 Å². The van der Waals surface area contributed by atoms with Crippen LogP contribution >= 0.6 is 11.3 Å². The molecule has 0 radical (unpaired) electrons. The fourth-order valence-corrected chi connectivity index (χ4v) is 5.56. The van der Waals surface area contributed by atoms with E-state index in [1.807, 2.05) is 0 Å². The fourth-order valence-electron chi connectivity index (χ4n) is 3.10. The molecule has 2 aliphatic rings. The van der Waals surface area contributed by atoms with Gasteiger partial charge in [0.15, 0.2) is 0 Å². The Kier molecular flexibility index (Phi) is 3.65. The molecule has 5 nitrogen and oxygen atoms in total. The summed E-state index contributed by atoms with van der Waals surface area (Å²) in [6.45, 7) is 2.51. The third kappa shape index (κ3) is 2.57. The van der Waals surface area contributed by atoms with Crippen LogP contribution in [0, 0.1) is 0 Å². The molecule has 0 aliphatic carbocycles. The largest absolute Gasteiger partial charge is 0.326 e. The van der Waals surface area contributed by atoms with E-state index >= 15 is 0 Å². The van der Waals surface area contributed by atoms with Gasteiger partial charge in [0, 0.05) is 35.4 Å². The summed E-state index contributed by atoms with van der Waals surface area (Å²) < 4.78 is 27.6. The van der Waals surface area contributed by atoms with Gasteiger partial charge in [0.25, 0.3) is 0 Å². The summed E-state index contributed by atoms with van der Waals surface area (Å²) in [6, 6.07) is 2.13. The Labute approximate surface area is 117 Å². The smallest absolute Gasteiger partial charge is 0.241 e. The quantitative estimate of drug-likeness (QED) is 0.859. The van der Waals surface area contributed by atoms with Crippen molar-refractivity contribution in [1.82, 2.24) is 9.62 Å². The van der Waals surface area contributed by atoms with Gasteiger partial charge >= 0.3 is 0 Å². The van der Waals surface area contributed by atoms with Crippen LogP contribution in [0.25, 0.3) is 0 Å². The maximum absolute atomic E-state index is 12.3. The standard InChI is InChI=1S/C12H19N3O2S2/c13-7-9-6-10(8-18-9)19(16,17)14-11-3-5-15-4-1-2-12(11)15/h6,8,11-12,14H,1-5,7,13H2. The Morgan fingerprint density at radius 2 is 2.26 bits per heavy atom. The molecule has 3 heterocycles. The summed E-state index contributed by atoms with van der Waals surface area (Å²) in [4.78, 5) is 3.65. The first-order chi connectivity index (χ1) is 9.10. The number of thiophene rings is 1. The Morgan fingerprint density at radius 1 is 1.42 bits per heavy atom. The molecule has 2 aliphatic heterocycles. The van der Waals surface area contributed by atoms with Crippen LogP contribution in [0.1, 0.15) is 24.1 Å². The Morgan fingerprint density at radius 3 is 3.00 bits per heavy atom. The van der Waals surface area contributed by atoms with E-state index in [2.05, 4.69) is 9.62 Å². The molecule has 1 aromatic rings. The zero-order valence-corrected chi connectivity index (χ0v) is 12.3. The number of rotatable bonds is 4. The van der Waals surface area contributed by atoms with Crippen molar-refractivity contribution in [3.05, 3.63) is 16.3 Å². The minimum atomic E-state index is -3.39. The van der Waals surface area contributed by atoms with Gasteiger partial charge in [-0.15, -0.1) is 11.3 Å². The van der Waals surface area contributed by atoms with Gasteiger partial charge in [0.1, 0.15) is 0 Å². The molecule has 0 bridgehead atoms. The van der Waals surface area contributed by atoms with Crippen molar-refractivity contribution < 1.29 is 8.42 Å². The van der Waals surface area contributed by atoms with Crippen LogP contribution in [0.2, 0.25) is 0 Å². The number of fused-ring (bicyclic) bond motifs is 1. The van der Waals surface area contributed by atoms with Gasteiger partial charge in [-0.25, -0.2) is 13.1 Å². The highest BCUT2D eigenvalue weighted by atomic mass is 32.2. The number of hydrogen-bond acceptors (Lipinski definition) is 5. The zero-order valence-electron chi connectivity index (χ0n) is 10.7. The molecule has 0 saturated carbocycles. The predicted molar refractivity (Wildman–Crippen MR) is 75.5 cm³/mol. The Balaban J connectivity index is 1.74. The SMILES string of the molecule is NCc1cc(S(=O)(=O)NC2CCN3CCCC23)cs1. The van der Waals surface area contributed by atoms with Crippen LogP contribution in [0.3, 0.4) is 0 Å². The lowest BCUT2D eigenvalue weighted by Gasteiger charge is -2.20. The fraction of sp³-hybridized carbons (Fsp3) is 0.667. The first-order valence-electron chi connectivity index (χ1n) is 6.64. The van der Waals surface area contributed by atoms with E-state index in [9.17, 15) is 8.42 Å². The molecule has 19 heavy (non-hydrogen) atoms. The van der Waals surface area contributed by atoms with Crippen LogP contribution < -0.4 is 10.5 Å². The predicted octanol–water partition coefficient (Wildman–Crippen LogP) is 0.722. The number of sulfonamides is 1. The second kappa shape index (κ2) is 5.14. The molecule has 3 N–H and O–H groups in total. The molecular weight excluding hydrogens is 282 g/mol. The van der Waals surface area contributed by atoms with Crippen molar-refractivity contribution >= 4 is 21.4 Å². The molecule has 2 fully saturated rings. The summed E-state index contributed by atoms with van der Waals surface area (Å²) in [5.41, 5.74) is 5.53. The van der Waals surface area contributed by atoms with E-state index in [0.717, 1.165) is 30.8 Å².